The van der Waals surface area contributed by atoms with E-state index in [2.05, 4.69) is 10.9 Å². The van der Waals surface area contributed by atoms with Gasteiger partial charge in [0.1, 0.15) is 0 Å². The minimum absolute atomic E-state index is 0.179. The quantitative estimate of drug-likeness (QED) is 0.312. The number of benzene rings is 2. The fourth-order valence-corrected chi connectivity index (χ4v) is 2.81. The number of rotatable bonds is 2. The monoisotopic (exact) mass is 325 g/mol. The van der Waals surface area contributed by atoms with Gasteiger partial charge in [0.2, 0.25) is 5.91 Å². The van der Waals surface area contributed by atoms with Crippen LogP contribution in [0.25, 0.3) is 21.8 Å². The number of fused-ring (bicyclic) bond motifs is 3. The Morgan fingerprint density at radius 1 is 0.833 bits per heavy atom. The van der Waals surface area contributed by atoms with Crippen LogP contribution in [-0.4, -0.2) is 22.3 Å². The van der Waals surface area contributed by atoms with Crippen LogP contribution in [0.2, 0.25) is 0 Å². The minimum Gasteiger partial charge on any atom is -0.290 e. The SMILES string of the molecule is CC(=O)n1c2ccc(C(=O)NN)cc2c2cc(C(=O)NN)ccc21. The maximum atomic E-state index is 12.0. The number of nitrogens with zero attached hydrogens (tertiary/aromatic N) is 1. The average Bonchev–Trinajstić information content (AvgIpc) is 2.93. The normalized spacial score (nSPS) is 10.8. The van der Waals surface area contributed by atoms with Gasteiger partial charge in [-0.25, -0.2) is 11.7 Å². The van der Waals surface area contributed by atoms with Crippen molar-refractivity contribution in [2.45, 2.75) is 6.92 Å². The van der Waals surface area contributed by atoms with Gasteiger partial charge in [0.15, 0.2) is 0 Å². The third-order valence-electron chi connectivity index (χ3n) is 3.87. The Morgan fingerprint density at radius 3 is 1.58 bits per heavy atom. The van der Waals surface area contributed by atoms with Gasteiger partial charge in [0, 0.05) is 28.8 Å². The highest BCUT2D eigenvalue weighted by Gasteiger charge is 2.17. The third-order valence-corrected chi connectivity index (χ3v) is 3.87. The van der Waals surface area contributed by atoms with Crippen molar-refractivity contribution in [3.8, 4) is 0 Å². The standard InChI is InChI=1S/C16H15N5O3/c1-8(22)21-13-4-2-9(15(23)19-17)6-11(13)12-7-10(16(24)20-18)3-5-14(12)21/h2-7H,17-18H2,1H3,(H,19,23)(H,20,24). The van der Waals surface area contributed by atoms with E-state index in [0.29, 0.717) is 32.9 Å². The first-order valence-electron chi connectivity index (χ1n) is 7.09. The molecule has 0 atom stereocenters. The van der Waals surface area contributed by atoms with Crippen molar-refractivity contribution < 1.29 is 14.4 Å². The molecule has 0 fully saturated rings. The lowest BCUT2D eigenvalue weighted by molar-refractivity contribution is 0.0941. The topological polar surface area (TPSA) is 132 Å². The summed E-state index contributed by atoms with van der Waals surface area (Å²) in [6, 6.07) is 9.76. The van der Waals surface area contributed by atoms with Crippen LogP contribution in [0.4, 0.5) is 0 Å². The fraction of sp³-hybridized carbons (Fsp3) is 0.0625. The number of carbonyl (C=O) groups excluding carboxylic acids is 3. The summed E-state index contributed by atoms with van der Waals surface area (Å²) in [4.78, 5) is 35.6. The molecule has 0 radical (unpaired) electrons. The molecule has 2 aromatic carbocycles. The molecule has 1 aromatic heterocycles. The number of hydrogen-bond acceptors (Lipinski definition) is 5. The molecule has 0 aliphatic carbocycles. The molecule has 2 amide bonds. The minimum atomic E-state index is -0.448. The van der Waals surface area contributed by atoms with Gasteiger partial charge in [-0.15, -0.1) is 0 Å². The number of hydrazine groups is 2. The first-order valence-corrected chi connectivity index (χ1v) is 7.09. The zero-order valence-electron chi connectivity index (χ0n) is 12.8. The molecule has 3 aromatic rings. The van der Waals surface area contributed by atoms with Crippen molar-refractivity contribution in [2.75, 3.05) is 0 Å². The summed E-state index contributed by atoms with van der Waals surface area (Å²) in [5.41, 5.74) is 6.11. The van der Waals surface area contributed by atoms with E-state index < -0.39 is 11.8 Å². The molecule has 8 nitrogen and oxygen atoms in total. The van der Waals surface area contributed by atoms with E-state index in [1.54, 1.807) is 36.4 Å². The summed E-state index contributed by atoms with van der Waals surface area (Å²) in [5, 5.41) is 1.32. The second-order valence-corrected chi connectivity index (χ2v) is 5.27. The predicted molar refractivity (Wildman–Crippen MR) is 89.1 cm³/mol. The molecule has 122 valence electrons. The first kappa shape index (κ1) is 15.7. The van der Waals surface area contributed by atoms with Gasteiger partial charge in [0.25, 0.3) is 11.8 Å². The van der Waals surface area contributed by atoms with Crippen LogP contribution < -0.4 is 22.5 Å². The van der Waals surface area contributed by atoms with Crippen LogP contribution in [0, 0.1) is 0 Å². The van der Waals surface area contributed by atoms with E-state index >= 15 is 0 Å². The Hall–Kier alpha value is -3.23. The predicted octanol–water partition coefficient (Wildman–Crippen LogP) is 0.662. The van der Waals surface area contributed by atoms with Crippen LogP contribution in [0.3, 0.4) is 0 Å². The number of aromatic nitrogens is 1. The summed E-state index contributed by atoms with van der Waals surface area (Å²) < 4.78 is 1.53. The maximum Gasteiger partial charge on any atom is 0.265 e. The van der Waals surface area contributed by atoms with E-state index in [1.807, 2.05) is 0 Å². The summed E-state index contributed by atoms with van der Waals surface area (Å²) in [5.74, 6) is 9.27. The number of nitrogens with one attached hydrogen (secondary N) is 2. The molecule has 6 N–H and O–H groups in total. The van der Waals surface area contributed by atoms with Crippen LogP contribution >= 0.6 is 0 Å². The average molecular weight is 325 g/mol. The number of nitrogen functional groups attached to an aromatic ring is 2. The molecule has 0 saturated carbocycles. The largest absolute Gasteiger partial charge is 0.290 e. The van der Waals surface area contributed by atoms with Gasteiger partial charge < -0.3 is 0 Å². The molecule has 0 saturated heterocycles. The van der Waals surface area contributed by atoms with Gasteiger partial charge in [-0.05, 0) is 36.4 Å². The molecular formula is C16H15N5O3. The lowest BCUT2D eigenvalue weighted by Crippen LogP contribution is -2.29. The zero-order valence-corrected chi connectivity index (χ0v) is 12.8. The summed E-state index contributed by atoms with van der Waals surface area (Å²) in [7, 11) is 0. The Balaban J connectivity index is 2.40. The second kappa shape index (κ2) is 5.76. The van der Waals surface area contributed by atoms with E-state index in [-0.39, 0.29) is 5.91 Å². The molecular weight excluding hydrogens is 310 g/mol. The number of hydrogen-bond donors (Lipinski definition) is 4. The Bertz CT molecular complexity index is 933. The molecule has 0 aliphatic heterocycles. The molecule has 0 bridgehead atoms. The van der Waals surface area contributed by atoms with Crippen molar-refractivity contribution in [3.05, 3.63) is 47.5 Å². The maximum absolute atomic E-state index is 12.0. The van der Waals surface area contributed by atoms with Gasteiger partial charge >= 0.3 is 0 Å². The smallest absolute Gasteiger partial charge is 0.265 e. The van der Waals surface area contributed by atoms with Crippen molar-refractivity contribution in [2.24, 2.45) is 11.7 Å². The highest BCUT2D eigenvalue weighted by molar-refractivity contribution is 6.16. The van der Waals surface area contributed by atoms with Crippen molar-refractivity contribution in [1.82, 2.24) is 15.4 Å². The highest BCUT2D eigenvalue weighted by Crippen LogP contribution is 2.30. The summed E-state index contributed by atoms with van der Waals surface area (Å²) >= 11 is 0. The van der Waals surface area contributed by atoms with Gasteiger partial charge in [-0.3, -0.25) is 29.8 Å². The molecule has 8 heteroatoms. The van der Waals surface area contributed by atoms with Crippen molar-refractivity contribution in [3.63, 3.8) is 0 Å². The van der Waals surface area contributed by atoms with E-state index in [0.717, 1.165) is 0 Å². The van der Waals surface area contributed by atoms with E-state index in [1.165, 1.54) is 11.5 Å². The molecule has 3 rings (SSSR count). The van der Waals surface area contributed by atoms with Gasteiger partial charge in [-0.1, -0.05) is 0 Å². The zero-order chi connectivity index (χ0) is 17.4. The third kappa shape index (κ3) is 2.30. The molecule has 0 unspecified atom stereocenters. The van der Waals surface area contributed by atoms with E-state index in [4.69, 9.17) is 11.7 Å². The van der Waals surface area contributed by atoms with Crippen molar-refractivity contribution >= 4 is 39.5 Å². The Kier molecular flexibility index (Phi) is 3.76. The first-order chi connectivity index (χ1) is 11.5. The summed E-state index contributed by atoms with van der Waals surface area (Å²) in [6.07, 6.45) is 0. The lowest BCUT2D eigenvalue weighted by atomic mass is 10.1. The number of carbonyl (C=O) groups is 3. The fourth-order valence-electron chi connectivity index (χ4n) is 2.81. The van der Waals surface area contributed by atoms with Gasteiger partial charge in [-0.2, -0.15) is 0 Å². The number of nitrogens with two attached hydrogens (primary N) is 2. The van der Waals surface area contributed by atoms with Crippen LogP contribution in [0.5, 0.6) is 0 Å². The van der Waals surface area contributed by atoms with Gasteiger partial charge in [0.05, 0.1) is 11.0 Å². The second-order valence-electron chi connectivity index (χ2n) is 5.27. The number of amides is 2. The lowest BCUT2D eigenvalue weighted by Gasteiger charge is -2.03. The van der Waals surface area contributed by atoms with Crippen molar-refractivity contribution in [1.29, 1.82) is 0 Å². The molecule has 1 heterocycles. The molecule has 24 heavy (non-hydrogen) atoms. The van der Waals surface area contributed by atoms with Crippen LogP contribution in [0.1, 0.15) is 32.4 Å². The molecule has 0 spiro atoms. The van der Waals surface area contributed by atoms with Crippen LogP contribution in [-0.2, 0) is 0 Å². The Labute approximate surface area is 136 Å². The highest BCUT2D eigenvalue weighted by atomic mass is 16.2. The Morgan fingerprint density at radius 2 is 1.25 bits per heavy atom. The van der Waals surface area contributed by atoms with Crippen LogP contribution in [0.15, 0.2) is 36.4 Å². The summed E-state index contributed by atoms with van der Waals surface area (Å²) in [6.45, 7) is 1.44. The van der Waals surface area contributed by atoms with E-state index in [9.17, 15) is 14.4 Å². The molecule has 0 aliphatic rings.